The average molecular weight is 879 g/mol. The van der Waals surface area contributed by atoms with Gasteiger partial charge in [-0.3, -0.25) is 28.8 Å². The van der Waals surface area contributed by atoms with Gasteiger partial charge in [-0.05, 0) is 61.1 Å². The first-order chi connectivity index (χ1) is 26.8. The number of carbonyl (C=O) groups excluding carboxylic acids is 5. The molecular weight excluding hydrogens is 830 g/mol. The molecule has 0 amide bonds. The largest absolute Gasteiger partial charge is 0.481 e. The molecule has 0 saturated carbocycles. The zero-order chi connectivity index (χ0) is 41.0. The highest BCUT2D eigenvalue weighted by atomic mass is 35.5. The van der Waals surface area contributed by atoms with Crippen molar-refractivity contribution in [2.45, 2.75) is 79.1 Å². The molecule has 0 aromatic heterocycles. The summed E-state index contributed by atoms with van der Waals surface area (Å²) < 4.78 is 9.01. The molecule has 0 unspecified atom stereocenters. The number of carboxylic acid groups (broad SMARTS) is 1. The topological polar surface area (TPSA) is 161 Å². The number of hydrogen-bond donors (Lipinski definition) is 2. The van der Waals surface area contributed by atoms with Crippen LogP contribution in [-0.2, 0) is 28.7 Å². The Morgan fingerprint density at radius 1 is 0.586 bits per heavy atom. The molecule has 0 aliphatic carbocycles. The molecule has 1 aliphatic heterocycles. The van der Waals surface area contributed by atoms with Crippen LogP contribution in [0.15, 0.2) is 84.9 Å². The fourth-order valence-corrected chi connectivity index (χ4v) is 6.13. The SMILES string of the molecule is C.C.O=C(CCCCO)c1ccc(-c2ccc(Cl)cc2Cl)cc1.O=C(O)CCC(=O)OCCCCC(=O)c1ccc(-c2ccc(Cl)cc2Cl)cc1.O=C1CCC(=O)O1. The maximum atomic E-state index is 12.3. The highest BCUT2D eigenvalue weighted by molar-refractivity contribution is 6.37. The van der Waals surface area contributed by atoms with E-state index in [-0.39, 0.29) is 65.3 Å². The van der Waals surface area contributed by atoms with Gasteiger partial charge in [0.05, 0.1) is 32.3 Å². The van der Waals surface area contributed by atoms with Crippen LogP contribution in [0.4, 0.5) is 0 Å². The van der Waals surface area contributed by atoms with E-state index in [0.29, 0.717) is 69.7 Å². The van der Waals surface area contributed by atoms with Gasteiger partial charge in [-0.1, -0.05) is 122 Å². The molecule has 14 heteroatoms. The number of aliphatic hydroxyl groups is 1. The van der Waals surface area contributed by atoms with Crippen molar-refractivity contribution in [2.24, 2.45) is 0 Å². The Kier molecular flexibility index (Phi) is 24.1. The number of benzene rings is 4. The van der Waals surface area contributed by atoms with Crippen LogP contribution in [0.3, 0.4) is 0 Å². The molecule has 5 rings (SSSR count). The smallest absolute Gasteiger partial charge is 0.314 e. The molecule has 1 fully saturated rings. The molecule has 2 N–H and O–H groups in total. The second kappa shape index (κ2) is 27.2. The lowest BCUT2D eigenvalue weighted by atomic mass is 10.0. The Hall–Kier alpha value is -4.58. The highest BCUT2D eigenvalue weighted by Crippen LogP contribution is 2.32. The Labute approximate surface area is 359 Å². The summed E-state index contributed by atoms with van der Waals surface area (Å²) in [5, 5.41) is 19.5. The average Bonchev–Trinajstić information content (AvgIpc) is 3.56. The number of ether oxygens (including phenoxy) is 2. The van der Waals surface area contributed by atoms with Gasteiger partial charge in [0, 0.05) is 61.8 Å². The lowest BCUT2D eigenvalue weighted by Crippen LogP contribution is -2.08. The summed E-state index contributed by atoms with van der Waals surface area (Å²) >= 11 is 24.2. The van der Waals surface area contributed by atoms with Gasteiger partial charge in [0.2, 0.25) is 0 Å². The van der Waals surface area contributed by atoms with Gasteiger partial charge in [-0.15, -0.1) is 0 Å². The maximum absolute atomic E-state index is 12.3. The van der Waals surface area contributed by atoms with Crippen LogP contribution in [0.2, 0.25) is 20.1 Å². The van der Waals surface area contributed by atoms with Gasteiger partial charge in [0.1, 0.15) is 0 Å². The number of carbonyl (C=O) groups is 6. The summed E-state index contributed by atoms with van der Waals surface area (Å²) in [4.78, 5) is 65.9. The quantitative estimate of drug-likeness (QED) is 0.0479. The van der Waals surface area contributed by atoms with Crippen molar-refractivity contribution in [2.75, 3.05) is 13.2 Å². The lowest BCUT2D eigenvalue weighted by Gasteiger charge is -2.07. The maximum Gasteiger partial charge on any atom is 0.314 e. The number of cyclic esters (lactones) is 2. The van der Waals surface area contributed by atoms with Crippen LogP contribution in [0.25, 0.3) is 22.3 Å². The molecule has 4 aromatic rings. The lowest BCUT2D eigenvalue weighted by molar-refractivity contribution is -0.152. The number of hydrogen-bond acceptors (Lipinski definition) is 9. The zero-order valence-corrected chi connectivity index (χ0v) is 33.3. The Morgan fingerprint density at radius 3 is 1.38 bits per heavy atom. The third-order valence-corrected chi connectivity index (χ3v) is 9.17. The normalized spacial score (nSPS) is 11.3. The van der Waals surface area contributed by atoms with Crippen LogP contribution in [0.1, 0.15) is 99.8 Å². The second-order valence-electron chi connectivity index (χ2n) is 12.3. The highest BCUT2D eigenvalue weighted by Gasteiger charge is 2.19. The minimum Gasteiger partial charge on any atom is -0.481 e. The third kappa shape index (κ3) is 18.3. The molecule has 0 radical (unpaired) electrons. The van der Waals surface area contributed by atoms with Gasteiger partial charge in [0.15, 0.2) is 11.6 Å². The number of ketones is 2. The van der Waals surface area contributed by atoms with Crippen molar-refractivity contribution in [1.29, 1.82) is 0 Å². The first-order valence-corrected chi connectivity index (χ1v) is 19.2. The summed E-state index contributed by atoms with van der Waals surface area (Å²) in [7, 11) is 0. The minimum absolute atomic E-state index is 0. The molecule has 1 aliphatic rings. The summed E-state index contributed by atoms with van der Waals surface area (Å²) in [6.07, 6.45) is 3.43. The van der Waals surface area contributed by atoms with E-state index in [1.54, 1.807) is 36.4 Å². The van der Waals surface area contributed by atoms with E-state index in [2.05, 4.69) is 4.74 Å². The van der Waals surface area contributed by atoms with Gasteiger partial charge in [-0.25, -0.2) is 0 Å². The molecule has 4 aromatic carbocycles. The molecule has 10 nitrogen and oxygen atoms in total. The number of aliphatic carboxylic acids is 1. The minimum atomic E-state index is -1.04. The number of esters is 3. The van der Waals surface area contributed by atoms with E-state index >= 15 is 0 Å². The number of carboxylic acids is 1. The van der Waals surface area contributed by atoms with Crippen molar-refractivity contribution in [3.63, 3.8) is 0 Å². The predicted molar refractivity (Wildman–Crippen MR) is 229 cm³/mol. The summed E-state index contributed by atoms with van der Waals surface area (Å²) in [5.74, 6) is -2.27. The second-order valence-corrected chi connectivity index (χ2v) is 14.0. The predicted octanol–water partition coefficient (Wildman–Crippen LogP) is 11.5. The summed E-state index contributed by atoms with van der Waals surface area (Å²) in [6, 6.07) is 25.2. The Morgan fingerprint density at radius 2 is 1.02 bits per heavy atom. The van der Waals surface area contributed by atoms with E-state index in [1.165, 1.54) is 0 Å². The van der Waals surface area contributed by atoms with Crippen molar-refractivity contribution < 1.29 is 48.5 Å². The molecule has 1 heterocycles. The van der Waals surface area contributed by atoms with E-state index in [4.69, 9.17) is 61.4 Å². The van der Waals surface area contributed by atoms with E-state index in [1.807, 2.05) is 48.5 Å². The first kappa shape index (κ1) is 51.4. The molecule has 312 valence electrons. The van der Waals surface area contributed by atoms with Crippen LogP contribution in [0.5, 0.6) is 0 Å². The van der Waals surface area contributed by atoms with Crippen molar-refractivity contribution in [3.8, 4) is 22.3 Å². The van der Waals surface area contributed by atoms with E-state index < -0.39 is 23.9 Å². The fourth-order valence-electron chi connectivity index (χ4n) is 5.09. The Bertz CT molecular complexity index is 1970. The third-order valence-electron chi connectivity index (χ3n) is 8.08. The number of rotatable bonds is 16. The molecule has 0 atom stereocenters. The molecule has 1 saturated heterocycles. The zero-order valence-electron chi connectivity index (χ0n) is 30.2. The van der Waals surface area contributed by atoms with Crippen LogP contribution in [0, 0.1) is 0 Å². The molecule has 0 bridgehead atoms. The van der Waals surface area contributed by atoms with Crippen LogP contribution in [-0.4, -0.2) is 58.9 Å². The molecule has 58 heavy (non-hydrogen) atoms. The number of aliphatic hydroxyl groups excluding tert-OH is 1. The van der Waals surface area contributed by atoms with Crippen LogP contribution >= 0.6 is 46.4 Å². The molecular formula is C44H48Cl4O10. The van der Waals surface area contributed by atoms with Gasteiger partial charge in [0.25, 0.3) is 0 Å². The van der Waals surface area contributed by atoms with E-state index in [9.17, 15) is 28.8 Å². The van der Waals surface area contributed by atoms with Crippen LogP contribution < -0.4 is 0 Å². The Balaban J connectivity index is 0.000000493. The van der Waals surface area contributed by atoms with Crippen molar-refractivity contribution in [3.05, 3.63) is 116 Å². The fraction of sp³-hybridized carbons (Fsp3) is 0.318. The summed E-state index contributed by atoms with van der Waals surface area (Å²) in [6.45, 7) is 0.307. The van der Waals surface area contributed by atoms with Crippen molar-refractivity contribution in [1.82, 2.24) is 0 Å². The number of halogens is 4. The van der Waals surface area contributed by atoms with Crippen molar-refractivity contribution >= 4 is 81.8 Å². The number of unbranched alkanes of at least 4 members (excludes halogenated alkanes) is 2. The van der Waals surface area contributed by atoms with Gasteiger partial charge in [-0.2, -0.15) is 0 Å². The number of Topliss-reactive ketones (excluding diaryl/α,β-unsaturated/α-hetero) is 2. The molecule has 0 spiro atoms. The monoisotopic (exact) mass is 876 g/mol. The van der Waals surface area contributed by atoms with E-state index in [0.717, 1.165) is 22.3 Å². The summed E-state index contributed by atoms with van der Waals surface area (Å²) in [5.41, 5.74) is 4.86. The first-order valence-electron chi connectivity index (χ1n) is 17.7. The van der Waals surface area contributed by atoms with Gasteiger partial charge >= 0.3 is 23.9 Å². The standard InChI is InChI=1S/C21H20Cl2O5.C17H16Cl2O2.C4H4O3.2CH4/c22-16-8-9-17(18(23)13-16)14-4-6-15(7-5-14)19(24)3-1-2-12-28-21(27)11-10-20(25)26;18-14-8-9-15(16(19)11-14)12-4-6-13(7-5-12)17(21)3-1-2-10-20;5-3-1-2-4(6)7-3;;/h4-9,13H,1-3,10-12H2,(H,25,26);4-9,11,20H,1-3,10H2;1-2H2;2*1H4. The van der Waals surface area contributed by atoms with Gasteiger partial charge < -0.3 is 19.7 Å².